The molecule has 0 spiro atoms. The normalized spacial score (nSPS) is 9.61. The third kappa shape index (κ3) is 2.78. The van der Waals surface area contributed by atoms with Crippen LogP contribution in [0.5, 0.6) is 0 Å². The predicted octanol–water partition coefficient (Wildman–Crippen LogP) is 2.01. The zero-order chi connectivity index (χ0) is 12.3. The molecule has 0 atom stereocenters. The molecule has 0 aliphatic rings. The summed E-state index contributed by atoms with van der Waals surface area (Å²) < 4.78 is 1.65. The number of thiazole rings is 1. The Morgan fingerprint density at radius 3 is 2.83 bits per heavy atom. The standard InChI is InChI=1S/C10H12N6S.ClH/c1-3-8-14-9(12-4-2)16(15-8)10-13-6-7(5-11)17-10;/h6H,3-4H2,1-2H3,(H,12,14,15);1H. The molecule has 0 radical (unpaired) electrons. The first-order chi connectivity index (χ1) is 8.28. The molecule has 0 saturated heterocycles. The van der Waals surface area contributed by atoms with Crippen LogP contribution in [0.3, 0.4) is 0 Å². The first-order valence-corrected chi connectivity index (χ1v) is 6.16. The minimum Gasteiger partial charge on any atom is -0.354 e. The van der Waals surface area contributed by atoms with Crippen LogP contribution in [0.1, 0.15) is 24.5 Å². The zero-order valence-electron chi connectivity index (χ0n) is 10.0. The lowest BCUT2D eigenvalue weighted by atomic mass is 10.5. The molecule has 8 heteroatoms. The Labute approximate surface area is 115 Å². The van der Waals surface area contributed by atoms with Crippen LogP contribution in [-0.2, 0) is 6.42 Å². The molecule has 0 fully saturated rings. The van der Waals surface area contributed by atoms with Gasteiger partial charge < -0.3 is 5.32 Å². The van der Waals surface area contributed by atoms with Gasteiger partial charge >= 0.3 is 0 Å². The van der Waals surface area contributed by atoms with Crippen molar-refractivity contribution < 1.29 is 0 Å². The van der Waals surface area contributed by atoms with E-state index in [9.17, 15) is 0 Å². The van der Waals surface area contributed by atoms with E-state index in [0.29, 0.717) is 16.0 Å². The molecule has 6 nitrogen and oxygen atoms in total. The van der Waals surface area contributed by atoms with Crippen LogP contribution in [0.25, 0.3) is 5.13 Å². The average Bonchev–Trinajstić information content (AvgIpc) is 2.95. The van der Waals surface area contributed by atoms with Gasteiger partial charge in [-0.05, 0) is 6.92 Å². The number of halogens is 1. The van der Waals surface area contributed by atoms with Crippen molar-refractivity contribution in [1.29, 1.82) is 5.26 Å². The van der Waals surface area contributed by atoms with E-state index in [1.807, 2.05) is 13.8 Å². The second-order valence-electron chi connectivity index (χ2n) is 3.27. The van der Waals surface area contributed by atoms with Gasteiger partial charge in [0.1, 0.15) is 10.9 Å². The number of rotatable bonds is 4. The van der Waals surface area contributed by atoms with Gasteiger partial charge in [0.2, 0.25) is 11.1 Å². The summed E-state index contributed by atoms with van der Waals surface area (Å²) in [4.78, 5) is 9.08. The van der Waals surface area contributed by atoms with E-state index in [1.54, 1.807) is 10.9 Å². The quantitative estimate of drug-likeness (QED) is 0.929. The van der Waals surface area contributed by atoms with E-state index in [2.05, 4.69) is 26.5 Å². The molecular formula is C10H13ClN6S. The van der Waals surface area contributed by atoms with Crippen LogP contribution in [0.2, 0.25) is 0 Å². The van der Waals surface area contributed by atoms with E-state index >= 15 is 0 Å². The monoisotopic (exact) mass is 284 g/mol. The summed E-state index contributed by atoms with van der Waals surface area (Å²) in [5.41, 5.74) is 0. The fraction of sp³-hybridized carbons (Fsp3) is 0.400. The molecule has 0 saturated carbocycles. The van der Waals surface area contributed by atoms with Gasteiger partial charge in [-0.3, -0.25) is 0 Å². The molecule has 18 heavy (non-hydrogen) atoms. The van der Waals surface area contributed by atoms with Gasteiger partial charge in [-0.1, -0.05) is 18.3 Å². The van der Waals surface area contributed by atoms with Crippen molar-refractivity contribution in [3.05, 3.63) is 16.9 Å². The van der Waals surface area contributed by atoms with Crippen molar-refractivity contribution in [2.75, 3.05) is 11.9 Å². The van der Waals surface area contributed by atoms with Crippen LogP contribution >= 0.6 is 23.7 Å². The van der Waals surface area contributed by atoms with Crippen LogP contribution in [0.15, 0.2) is 6.20 Å². The Kier molecular flexibility index (Phi) is 5.07. The Bertz CT molecular complexity index is 555. The maximum absolute atomic E-state index is 8.78. The predicted molar refractivity (Wildman–Crippen MR) is 72.5 cm³/mol. The highest BCUT2D eigenvalue weighted by Crippen LogP contribution is 2.19. The highest BCUT2D eigenvalue weighted by Gasteiger charge is 2.13. The Morgan fingerprint density at radius 1 is 1.50 bits per heavy atom. The van der Waals surface area contributed by atoms with Crippen molar-refractivity contribution in [3.8, 4) is 11.2 Å². The number of hydrogen-bond acceptors (Lipinski definition) is 6. The zero-order valence-corrected chi connectivity index (χ0v) is 11.7. The van der Waals surface area contributed by atoms with Crippen molar-refractivity contribution in [1.82, 2.24) is 19.7 Å². The van der Waals surface area contributed by atoms with Gasteiger partial charge in [-0.15, -0.1) is 17.5 Å². The Balaban J connectivity index is 0.00000162. The summed E-state index contributed by atoms with van der Waals surface area (Å²) in [5, 5.41) is 16.9. The number of nitrogens with zero attached hydrogens (tertiary/aromatic N) is 5. The summed E-state index contributed by atoms with van der Waals surface area (Å²) in [5.74, 6) is 1.43. The maximum Gasteiger partial charge on any atom is 0.228 e. The molecule has 0 aliphatic heterocycles. The maximum atomic E-state index is 8.78. The minimum absolute atomic E-state index is 0. The minimum atomic E-state index is 0. The number of anilines is 1. The number of hydrogen-bond donors (Lipinski definition) is 1. The molecule has 2 aromatic heterocycles. The van der Waals surface area contributed by atoms with Gasteiger partial charge in [0.05, 0.1) is 6.20 Å². The second-order valence-corrected chi connectivity index (χ2v) is 4.28. The van der Waals surface area contributed by atoms with Crippen LogP contribution in [0.4, 0.5) is 5.95 Å². The first kappa shape index (κ1) is 14.4. The highest BCUT2D eigenvalue weighted by molar-refractivity contribution is 7.14. The van der Waals surface area contributed by atoms with Crippen LogP contribution in [0, 0.1) is 11.3 Å². The van der Waals surface area contributed by atoms with Gasteiger partial charge in [0, 0.05) is 13.0 Å². The van der Waals surface area contributed by atoms with Crippen molar-refractivity contribution in [3.63, 3.8) is 0 Å². The van der Waals surface area contributed by atoms with Gasteiger partial charge in [0.15, 0.2) is 5.82 Å². The summed E-state index contributed by atoms with van der Waals surface area (Å²) in [6.07, 6.45) is 2.31. The van der Waals surface area contributed by atoms with Crippen LogP contribution < -0.4 is 5.32 Å². The fourth-order valence-corrected chi connectivity index (χ4v) is 1.99. The topological polar surface area (TPSA) is 79.4 Å². The molecule has 0 unspecified atom stereocenters. The van der Waals surface area contributed by atoms with Crippen molar-refractivity contribution in [2.45, 2.75) is 20.3 Å². The highest BCUT2D eigenvalue weighted by atomic mass is 35.5. The summed E-state index contributed by atoms with van der Waals surface area (Å²) in [6, 6.07) is 2.06. The largest absolute Gasteiger partial charge is 0.354 e. The van der Waals surface area contributed by atoms with E-state index in [1.165, 1.54) is 11.3 Å². The third-order valence-electron chi connectivity index (χ3n) is 2.09. The van der Waals surface area contributed by atoms with Crippen molar-refractivity contribution in [2.24, 2.45) is 0 Å². The Morgan fingerprint density at radius 2 is 2.28 bits per heavy atom. The van der Waals surface area contributed by atoms with Gasteiger partial charge in [-0.2, -0.15) is 14.9 Å². The SMILES string of the molecule is CCNc1nc(CC)nn1-c1ncc(C#N)s1.Cl. The smallest absolute Gasteiger partial charge is 0.228 e. The molecular weight excluding hydrogens is 272 g/mol. The third-order valence-corrected chi connectivity index (χ3v) is 2.96. The molecule has 96 valence electrons. The average molecular weight is 285 g/mol. The summed E-state index contributed by atoms with van der Waals surface area (Å²) >= 11 is 1.30. The second kappa shape index (κ2) is 6.33. The molecule has 1 N–H and O–H groups in total. The van der Waals surface area contributed by atoms with E-state index in [4.69, 9.17) is 5.26 Å². The number of nitriles is 1. The number of aromatic nitrogens is 4. The summed E-state index contributed by atoms with van der Waals surface area (Å²) in [6.45, 7) is 4.75. The number of nitrogens with one attached hydrogen (secondary N) is 1. The molecule has 0 aliphatic carbocycles. The number of aryl methyl sites for hydroxylation is 1. The van der Waals surface area contributed by atoms with Crippen molar-refractivity contribution >= 4 is 29.7 Å². The lowest BCUT2D eigenvalue weighted by Crippen LogP contribution is -2.06. The lowest BCUT2D eigenvalue weighted by Gasteiger charge is -2.01. The van der Waals surface area contributed by atoms with E-state index in [-0.39, 0.29) is 12.4 Å². The van der Waals surface area contributed by atoms with Crippen LogP contribution in [-0.4, -0.2) is 26.3 Å². The van der Waals surface area contributed by atoms with E-state index < -0.39 is 0 Å². The molecule has 0 bridgehead atoms. The molecule has 2 heterocycles. The first-order valence-electron chi connectivity index (χ1n) is 5.34. The van der Waals surface area contributed by atoms with E-state index in [0.717, 1.165) is 18.8 Å². The fourth-order valence-electron chi connectivity index (χ4n) is 1.32. The Hall–Kier alpha value is -1.65. The molecule has 0 amide bonds. The molecule has 0 aromatic carbocycles. The molecule has 2 rings (SSSR count). The van der Waals surface area contributed by atoms with Gasteiger partial charge in [0.25, 0.3) is 0 Å². The molecule has 2 aromatic rings. The van der Waals surface area contributed by atoms with Gasteiger partial charge in [-0.25, -0.2) is 4.98 Å². The lowest BCUT2D eigenvalue weighted by molar-refractivity contribution is 0.832. The summed E-state index contributed by atoms with van der Waals surface area (Å²) in [7, 11) is 0.